The molecule has 5 N–H and O–H groups in total. The van der Waals surface area contributed by atoms with E-state index in [0.29, 0.717) is 29.9 Å². The van der Waals surface area contributed by atoms with Gasteiger partial charge in [-0.15, -0.1) is 0 Å². The highest BCUT2D eigenvalue weighted by molar-refractivity contribution is 6.28. The zero-order chi connectivity index (χ0) is 35.1. The van der Waals surface area contributed by atoms with E-state index in [1.807, 2.05) is 6.07 Å². The zero-order valence-corrected chi connectivity index (χ0v) is 27.1. The van der Waals surface area contributed by atoms with E-state index in [1.54, 1.807) is 13.8 Å². The molecule has 0 aromatic heterocycles. The van der Waals surface area contributed by atoms with Crippen LogP contribution in [0.5, 0.6) is 0 Å². The summed E-state index contributed by atoms with van der Waals surface area (Å²) >= 11 is 0. The third kappa shape index (κ3) is 7.88. The van der Waals surface area contributed by atoms with Crippen LogP contribution in [0.4, 0.5) is 0 Å². The number of nitrogens with zero attached hydrogens (tertiary/aromatic N) is 1. The maximum atomic E-state index is 12.8. The zero-order valence-electron chi connectivity index (χ0n) is 27.1. The van der Waals surface area contributed by atoms with Crippen molar-refractivity contribution in [3.05, 3.63) is 107 Å². The molecule has 3 aromatic carbocycles. The Morgan fingerprint density at radius 2 is 1.21 bits per heavy atom. The van der Waals surface area contributed by atoms with Gasteiger partial charge in [-0.3, -0.25) is 14.5 Å². The van der Waals surface area contributed by atoms with Crippen LogP contribution in [-0.4, -0.2) is 96.5 Å². The Morgan fingerprint density at radius 1 is 0.729 bits per heavy atom. The number of rotatable bonds is 11. The highest BCUT2D eigenvalue weighted by Gasteiger charge is 2.69. The molecule has 11 heteroatoms. The number of likely N-dealkylation sites (tertiary alicyclic amines) is 1. The summed E-state index contributed by atoms with van der Waals surface area (Å²) in [6.45, 7) is 6.13. The number of Topliss-reactive ketones (excluding diaryl/α,β-unsaturated/α-hetero) is 2. The number of aliphatic hydroxyl groups excluding tert-OH is 1. The molecule has 0 spiro atoms. The van der Waals surface area contributed by atoms with Crippen molar-refractivity contribution in [2.75, 3.05) is 13.1 Å². The average molecular weight is 662 g/mol. The number of hydrogen-bond acceptors (Lipinski definition) is 9. The van der Waals surface area contributed by atoms with E-state index in [0.717, 1.165) is 56.6 Å². The Bertz CT molecular complexity index is 1500. The van der Waals surface area contributed by atoms with Gasteiger partial charge in [0, 0.05) is 30.3 Å². The minimum Gasteiger partial charge on any atom is -0.479 e. The summed E-state index contributed by atoms with van der Waals surface area (Å²) in [5.74, 6) is -8.01. The van der Waals surface area contributed by atoms with Gasteiger partial charge in [0.15, 0.2) is 0 Å². The molecule has 2 aliphatic rings. The third-order valence-electron chi connectivity index (χ3n) is 9.10. The number of carboxylic acids is 2. The predicted molar refractivity (Wildman–Crippen MR) is 176 cm³/mol. The maximum absolute atomic E-state index is 12.8. The average Bonchev–Trinajstić information content (AvgIpc) is 3.56. The molecule has 3 aromatic rings. The second-order valence-electron chi connectivity index (χ2n) is 12.5. The molecule has 11 nitrogen and oxygen atoms in total. The van der Waals surface area contributed by atoms with Gasteiger partial charge in [-0.05, 0) is 38.7 Å². The fraction of sp³-hybridized carbons (Fsp3) is 0.405. The smallest absolute Gasteiger partial charge is 0.348 e. The van der Waals surface area contributed by atoms with Crippen molar-refractivity contribution < 1.29 is 49.4 Å². The molecule has 1 aliphatic carbocycles. The lowest BCUT2D eigenvalue weighted by molar-refractivity contribution is -0.187. The number of benzene rings is 3. The summed E-state index contributed by atoms with van der Waals surface area (Å²) in [6.07, 6.45) is 5.84. The van der Waals surface area contributed by atoms with Gasteiger partial charge in [-0.2, -0.15) is 0 Å². The largest absolute Gasteiger partial charge is 0.479 e. The fourth-order valence-corrected chi connectivity index (χ4v) is 6.16. The summed E-state index contributed by atoms with van der Waals surface area (Å²) in [4.78, 5) is 51.5. The molecule has 0 bridgehead atoms. The second kappa shape index (κ2) is 15.8. The number of aryl methyl sites for hydroxylation is 2. The standard InChI is InChI=1S/C20H18O8.C17H25NO2/c1-11-3-7-13(8-4-11)15(21)19(27,17(23)24)20(28,18(25)26)16(22)14-9-5-12(2)6-10-14;19-17-9-5-4-8-16(17)18-11-10-15(12-18)20-13-14-6-2-1-3-7-14/h3-10,27-28H,1-2H3,(H,23,24)(H,25,26);1-3,6-7,15-17,19H,4-5,8-13H2/t;15-,16-,17-/m.1/s1. The number of hydrogen-bond donors (Lipinski definition) is 5. The van der Waals surface area contributed by atoms with Gasteiger partial charge in [-0.25, -0.2) is 9.59 Å². The molecule has 1 heterocycles. The van der Waals surface area contributed by atoms with Crippen molar-refractivity contribution in [3.8, 4) is 0 Å². The first-order valence-electron chi connectivity index (χ1n) is 16.0. The summed E-state index contributed by atoms with van der Waals surface area (Å²) in [6, 6.07) is 21.1. The molecule has 48 heavy (non-hydrogen) atoms. The summed E-state index contributed by atoms with van der Waals surface area (Å²) in [5, 5.41) is 50.4. The molecule has 1 saturated heterocycles. The van der Waals surface area contributed by atoms with Gasteiger partial charge >= 0.3 is 11.9 Å². The van der Waals surface area contributed by atoms with Crippen LogP contribution in [0.25, 0.3) is 0 Å². The molecule has 256 valence electrons. The number of ether oxygens (including phenoxy) is 1. The number of carboxylic acid groups (broad SMARTS) is 2. The highest BCUT2D eigenvalue weighted by atomic mass is 16.5. The van der Waals surface area contributed by atoms with Crippen LogP contribution in [0, 0.1) is 13.8 Å². The number of carbonyl (C=O) groups excluding carboxylic acids is 2. The summed E-state index contributed by atoms with van der Waals surface area (Å²) in [5.41, 5.74) is -6.03. The van der Waals surface area contributed by atoms with Crippen molar-refractivity contribution in [2.45, 2.75) is 82.0 Å². The molecule has 2 fully saturated rings. The van der Waals surface area contributed by atoms with Crippen molar-refractivity contribution in [1.29, 1.82) is 0 Å². The van der Waals surface area contributed by atoms with Crippen molar-refractivity contribution in [3.63, 3.8) is 0 Å². The number of ketones is 2. The Labute approximate surface area is 279 Å². The minimum atomic E-state index is -3.96. The van der Waals surface area contributed by atoms with Crippen LogP contribution in [0.1, 0.15) is 69.5 Å². The van der Waals surface area contributed by atoms with E-state index < -0.39 is 34.7 Å². The molecule has 5 atom stereocenters. The van der Waals surface area contributed by atoms with Crippen molar-refractivity contribution >= 4 is 23.5 Å². The number of aliphatic hydroxyl groups is 3. The Balaban J connectivity index is 0.000000228. The molecule has 1 saturated carbocycles. The van der Waals surface area contributed by atoms with Gasteiger partial charge in [0.05, 0.1) is 18.8 Å². The first kappa shape index (κ1) is 36.6. The molecular formula is C37H43NO10. The van der Waals surface area contributed by atoms with Gasteiger partial charge in [0.2, 0.25) is 11.6 Å². The van der Waals surface area contributed by atoms with Gasteiger partial charge < -0.3 is 30.3 Å². The lowest BCUT2D eigenvalue weighted by Crippen LogP contribution is -2.71. The van der Waals surface area contributed by atoms with Gasteiger partial charge in [-0.1, -0.05) is 103 Å². The summed E-state index contributed by atoms with van der Waals surface area (Å²) < 4.78 is 6.02. The Hall–Kier alpha value is -4.26. The van der Waals surface area contributed by atoms with Crippen LogP contribution in [0.2, 0.25) is 0 Å². The maximum Gasteiger partial charge on any atom is 0.348 e. The molecular weight excluding hydrogens is 618 g/mol. The predicted octanol–water partition coefficient (Wildman–Crippen LogP) is 3.58. The lowest BCUT2D eigenvalue weighted by atomic mass is 9.73. The van der Waals surface area contributed by atoms with E-state index in [1.165, 1.54) is 42.7 Å². The fourth-order valence-electron chi connectivity index (χ4n) is 6.16. The van der Waals surface area contributed by atoms with Crippen LogP contribution in [0.15, 0.2) is 78.9 Å². The first-order valence-corrected chi connectivity index (χ1v) is 16.0. The Kier molecular flexibility index (Phi) is 12.0. The molecule has 5 rings (SSSR count). The van der Waals surface area contributed by atoms with Crippen LogP contribution in [-0.2, 0) is 20.9 Å². The third-order valence-corrected chi connectivity index (χ3v) is 9.10. The lowest BCUT2D eigenvalue weighted by Gasteiger charge is -2.35. The summed E-state index contributed by atoms with van der Waals surface area (Å²) in [7, 11) is 0. The van der Waals surface area contributed by atoms with Crippen LogP contribution < -0.4 is 0 Å². The number of carbonyl (C=O) groups is 4. The van der Waals surface area contributed by atoms with Crippen molar-refractivity contribution in [2.24, 2.45) is 0 Å². The van der Waals surface area contributed by atoms with E-state index in [2.05, 4.69) is 29.2 Å². The van der Waals surface area contributed by atoms with Gasteiger partial charge in [0.1, 0.15) is 0 Å². The van der Waals surface area contributed by atoms with E-state index in [9.17, 15) is 44.7 Å². The SMILES string of the molecule is Cc1ccc(C(=O)C(O)(C(=O)O)C(O)(C(=O)O)C(=O)c2ccc(C)cc2)cc1.O[C@@H]1CCCC[C@H]1N1CC[C@@H](OCc2ccccc2)C1. The van der Waals surface area contributed by atoms with E-state index in [-0.39, 0.29) is 17.2 Å². The van der Waals surface area contributed by atoms with Crippen molar-refractivity contribution in [1.82, 2.24) is 4.90 Å². The first-order chi connectivity index (χ1) is 22.8. The Morgan fingerprint density at radius 3 is 1.67 bits per heavy atom. The van der Waals surface area contributed by atoms with E-state index >= 15 is 0 Å². The minimum absolute atomic E-state index is 0.128. The molecule has 0 radical (unpaired) electrons. The highest BCUT2D eigenvalue weighted by Crippen LogP contribution is 2.32. The quantitative estimate of drug-likeness (QED) is 0.150. The molecule has 0 amide bonds. The van der Waals surface area contributed by atoms with Gasteiger partial charge in [0.25, 0.3) is 11.2 Å². The second-order valence-corrected chi connectivity index (χ2v) is 12.5. The molecule has 1 aliphatic heterocycles. The molecule has 2 unspecified atom stereocenters. The number of aliphatic carboxylic acids is 2. The normalized spacial score (nSPS) is 22.0. The monoisotopic (exact) mass is 661 g/mol. The van der Waals surface area contributed by atoms with E-state index in [4.69, 9.17) is 4.74 Å². The van der Waals surface area contributed by atoms with Crippen LogP contribution >= 0.6 is 0 Å². The topological polar surface area (TPSA) is 182 Å². The van der Waals surface area contributed by atoms with Crippen LogP contribution in [0.3, 0.4) is 0 Å².